The van der Waals surface area contributed by atoms with E-state index in [9.17, 15) is 0 Å². The van der Waals surface area contributed by atoms with Crippen LogP contribution in [0.5, 0.6) is 5.75 Å². The normalized spacial score (nSPS) is 16.6. The molecule has 0 radical (unpaired) electrons. The number of hydrogen-bond donors (Lipinski definition) is 0. The molecule has 1 aromatic heterocycles. The van der Waals surface area contributed by atoms with E-state index in [4.69, 9.17) is 9.47 Å². The third kappa shape index (κ3) is 2.13. The van der Waals surface area contributed by atoms with Gasteiger partial charge < -0.3 is 9.47 Å². The fourth-order valence-electron chi connectivity index (χ4n) is 3.41. The van der Waals surface area contributed by atoms with Gasteiger partial charge in [0.25, 0.3) is 0 Å². The predicted molar refractivity (Wildman–Crippen MR) is 100 cm³/mol. The molecule has 2 nitrogen and oxygen atoms in total. The van der Waals surface area contributed by atoms with Gasteiger partial charge in [0.15, 0.2) is 0 Å². The van der Waals surface area contributed by atoms with Crippen molar-refractivity contribution in [2.75, 3.05) is 13.7 Å². The van der Waals surface area contributed by atoms with Gasteiger partial charge in [0.05, 0.1) is 13.7 Å². The van der Waals surface area contributed by atoms with Crippen LogP contribution in [0.3, 0.4) is 0 Å². The van der Waals surface area contributed by atoms with Gasteiger partial charge in [-0.05, 0) is 41.0 Å². The second-order valence-corrected chi connectivity index (χ2v) is 7.14. The van der Waals surface area contributed by atoms with Gasteiger partial charge in [0.2, 0.25) is 0 Å². The van der Waals surface area contributed by atoms with E-state index in [0.29, 0.717) is 0 Å². The first kappa shape index (κ1) is 14.0. The molecule has 1 saturated heterocycles. The molecule has 0 saturated carbocycles. The lowest BCUT2D eigenvalue weighted by Gasteiger charge is -2.11. The number of fused-ring (bicyclic) bond motifs is 3. The Morgan fingerprint density at radius 1 is 0.958 bits per heavy atom. The van der Waals surface area contributed by atoms with Gasteiger partial charge in [0.1, 0.15) is 11.9 Å². The van der Waals surface area contributed by atoms with Crippen molar-refractivity contribution in [1.82, 2.24) is 0 Å². The number of epoxide rings is 1. The highest BCUT2D eigenvalue weighted by Gasteiger charge is 2.29. The summed E-state index contributed by atoms with van der Waals surface area (Å²) in [6.07, 6.45) is 0.190. The van der Waals surface area contributed by atoms with Gasteiger partial charge in [-0.1, -0.05) is 36.4 Å². The molecule has 1 unspecified atom stereocenters. The zero-order chi connectivity index (χ0) is 16.1. The van der Waals surface area contributed by atoms with E-state index in [1.165, 1.54) is 36.9 Å². The molecule has 0 spiro atoms. The second kappa shape index (κ2) is 5.33. The van der Waals surface area contributed by atoms with Crippen LogP contribution in [0.25, 0.3) is 31.3 Å². The summed E-state index contributed by atoms with van der Waals surface area (Å²) >= 11 is 1.85. The minimum Gasteiger partial charge on any atom is -0.497 e. The van der Waals surface area contributed by atoms with Crippen molar-refractivity contribution < 1.29 is 9.47 Å². The number of hydrogen-bond acceptors (Lipinski definition) is 3. The SMILES string of the molecule is COc1ccc(-c2cccc3sc4ccccc4c23)c(C2CO2)c1. The molecule has 24 heavy (non-hydrogen) atoms. The predicted octanol–water partition coefficient (Wildman–Crippen LogP) is 5.80. The Kier molecular flexibility index (Phi) is 3.12. The first-order valence-electron chi connectivity index (χ1n) is 8.05. The highest BCUT2D eigenvalue weighted by Crippen LogP contribution is 2.44. The van der Waals surface area contributed by atoms with Crippen molar-refractivity contribution in [3.05, 3.63) is 66.2 Å². The van der Waals surface area contributed by atoms with E-state index in [2.05, 4.69) is 54.6 Å². The Morgan fingerprint density at radius 2 is 1.79 bits per heavy atom. The molecule has 1 fully saturated rings. The molecule has 0 aliphatic carbocycles. The minimum atomic E-state index is 0.190. The highest BCUT2D eigenvalue weighted by atomic mass is 32.1. The average Bonchev–Trinajstić information content (AvgIpc) is 3.41. The van der Waals surface area contributed by atoms with Crippen LogP contribution >= 0.6 is 11.3 Å². The summed E-state index contributed by atoms with van der Waals surface area (Å²) in [6.45, 7) is 0.792. The fraction of sp³-hybridized carbons (Fsp3) is 0.143. The maximum atomic E-state index is 5.58. The molecule has 2 heterocycles. The molecule has 0 bridgehead atoms. The zero-order valence-corrected chi connectivity index (χ0v) is 14.1. The van der Waals surface area contributed by atoms with Gasteiger partial charge in [-0.15, -0.1) is 11.3 Å². The summed E-state index contributed by atoms with van der Waals surface area (Å²) < 4.78 is 13.7. The molecule has 4 aromatic rings. The molecule has 1 atom stereocenters. The Bertz CT molecular complexity index is 1060. The van der Waals surface area contributed by atoms with Gasteiger partial charge >= 0.3 is 0 Å². The van der Waals surface area contributed by atoms with Crippen molar-refractivity contribution >= 4 is 31.5 Å². The van der Waals surface area contributed by atoms with E-state index in [1.807, 2.05) is 17.4 Å². The summed E-state index contributed by atoms with van der Waals surface area (Å²) in [5.41, 5.74) is 3.74. The quantitative estimate of drug-likeness (QED) is 0.442. The summed E-state index contributed by atoms with van der Waals surface area (Å²) in [6, 6.07) is 21.5. The van der Waals surface area contributed by atoms with Crippen LogP contribution in [0.15, 0.2) is 60.7 Å². The summed E-state index contributed by atoms with van der Waals surface area (Å²) in [5, 5.41) is 2.66. The minimum absolute atomic E-state index is 0.190. The van der Waals surface area contributed by atoms with Crippen LogP contribution in [-0.2, 0) is 4.74 Å². The van der Waals surface area contributed by atoms with Crippen molar-refractivity contribution in [3.63, 3.8) is 0 Å². The van der Waals surface area contributed by atoms with Crippen LogP contribution < -0.4 is 4.74 Å². The topological polar surface area (TPSA) is 21.8 Å². The molecule has 5 rings (SSSR count). The van der Waals surface area contributed by atoms with Crippen molar-refractivity contribution in [2.24, 2.45) is 0 Å². The summed E-state index contributed by atoms with van der Waals surface area (Å²) in [4.78, 5) is 0. The van der Waals surface area contributed by atoms with Crippen molar-refractivity contribution in [3.8, 4) is 16.9 Å². The molecular formula is C21H16O2S. The molecule has 0 amide bonds. The third-order valence-corrected chi connectivity index (χ3v) is 5.77. The molecule has 1 aliphatic heterocycles. The van der Waals surface area contributed by atoms with Crippen LogP contribution in [0, 0.1) is 0 Å². The van der Waals surface area contributed by atoms with Gasteiger partial charge in [-0.3, -0.25) is 0 Å². The smallest absolute Gasteiger partial charge is 0.119 e. The maximum absolute atomic E-state index is 5.58. The highest BCUT2D eigenvalue weighted by molar-refractivity contribution is 7.25. The third-order valence-electron chi connectivity index (χ3n) is 4.63. The van der Waals surface area contributed by atoms with Crippen LogP contribution in [0.2, 0.25) is 0 Å². The zero-order valence-electron chi connectivity index (χ0n) is 13.3. The first-order valence-corrected chi connectivity index (χ1v) is 8.87. The lowest BCUT2D eigenvalue weighted by Crippen LogP contribution is -1.91. The number of thiophene rings is 1. The summed E-state index contributed by atoms with van der Waals surface area (Å²) in [5.74, 6) is 0.881. The standard InChI is InChI=1S/C21H16O2S/c1-22-13-9-10-14(17(11-13)18-12-23-18)15-6-4-8-20-21(15)16-5-2-3-7-19(16)24-20/h2-11,18H,12H2,1H3. The van der Waals surface area contributed by atoms with Crippen LogP contribution in [-0.4, -0.2) is 13.7 Å². The van der Waals surface area contributed by atoms with E-state index < -0.39 is 0 Å². The number of ether oxygens (including phenoxy) is 2. The summed E-state index contributed by atoms with van der Waals surface area (Å²) in [7, 11) is 1.71. The Labute approximate surface area is 144 Å². The molecule has 3 aromatic carbocycles. The largest absolute Gasteiger partial charge is 0.497 e. The average molecular weight is 332 g/mol. The van der Waals surface area contributed by atoms with Crippen LogP contribution in [0.1, 0.15) is 11.7 Å². The maximum Gasteiger partial charge on any atom is 0.119 e. The van der Waals surface area contributed by atoms with Gasteiger partial charge in [0, 0.05) is 20.2 Å². The van der Waals surface area contributed by atoms with Gasteiger partial charge in [-0.2, -0.15) is 0 Å². The molecule has 0 N–H and O–H groups in total. The van der Waals surface area contributed by atoms with Crippen molar-refractivity contribution in [1.29, 1.82) is 0 Å². The number of benzene rings is 3. The van der Waals surface area contributed by atoms with Crippen molar-refractivity contribution in [2.45, 2.75) is 6.10 Å². The Balaban J connectivity index is 1.84. The first-order chi connectivity index (χ1) is 11.8. The lowest BCUT2D eigenvalue weighted by molar-refractivity contribution is 0.405. The monoisotopic (exact) mass is 332 g/mol. The number of rotatable bonds is 3. The van der Waals surface area contributed by atoms with E-state index in [1.54, 1.807) is 7.11 Å². The van der Waals surface area contributed by atoms with E-state index in [0.717, 1.165) is 12.4 Å². The second-order valence-electron chi connectivity index (χ2n) is 6.05. The molecule has 1 aliphatic rings. The molecule has 118 valence electrons. The lowest BCUT2D eigenvalue weighted by atomic mass is 9.94. The van der Waals surface area contributed by atoms with E-state index >= 15 is 0 Å². The molecular weight excluding hydrogens is 316 g/mol. The number of methoxy groups -OCH3 is 1. The Morgan fingerprint density at radius 3 is 2.62 bits per heavy atom. The van der Waals surface area contributed by atoms with E-state index in [-0.39, 0.29) is 6.10 Å². The van der Waals surface area contributed by atoms with Gasteiger partial charge in [-0.25, -0.2) is 0 Å². The fourth-order valence-corrected chi connectivity index (χ4v) is 4.54. The Hall–Kier alpha value is -2.36. The van der Waals surface area contributed by atoms with Crippen LogP contribution in [0.4, 0.5) is 0 Å². The molecule has 3 heteroatoms.